The van der Waals surface area contributed by atoms with Crippen molar-refractivity contribution in [3.05, 3.63) is 32.6 Å². The van der Waals surface area contributed by atoms with Crippen LogP contribution in [-0.4, -0.2) is 51.4 Å². The molecule has 1 aliphatic carbocycles. The van der Waals surface area contributed by atoms with Gasteiger partial charge < -0.3 is 9.88 Å². The maximum atomic E-state index is 12.6. The van der Waals surface area contributed by atoms with Gasteiger partial charge in [-0.05, 0) is 24.7 Å². The van der Waals surface area contributed by atoms with E-state index < -0.39 is 5.69 Å². The first-order valence-corrected chi connectivity index (χ1v) is 8.76. The molecule has 1 atom stereocenters. The van der Waals surface area contributed by atoms with E-state index in [0.717, 1.165) is 13.1 Å². The van der Waals surface area contributed by atoms with Crippen LogP contribution in [0.2, 0.25) is 0 Å². The predicted molar refractivity (Wildman–Crippen MR) is 90.6 cm³/mol. The summed E-state index contributed by atoms with van der Waals surface area (Å²) in [6, 6.07) is 0.169. The van der Waals surface area contributed by atoms with Crippen LogP contribution in [0.25, 0.3) is 0 Å². The third-order valence-electron chi connectivity index (χ3n) is 5.02. The average molecular weight is 334 g/mol. The monoisotopic (exact) mass is 334 g/mol. The standard InChI is InChI=1S/C17H26N4O3/c1-11(2)14-10-20(9-13-7-18-17(24)19-16(13)23)6-5-15(22)21(14)8-12-3-4-12/h7,11-12,14H,3-6,8-10H2,1-2H3,(H2,18,19,23,24)/t14-/m1/s1. The molecule has 1 amide bonds. The van der Waals surface area contributed by atoms with Crippen molar-refractivity contribution in [2.75, 3.05) is 19.6 Å². The second kappa shape index (κ2) is 6.93. The lowest BCUT2D eigenvalue weighted by Gasteiger charge is -2.34. The Morgan fingerprint density at radius 2 is 2.00 bits per heavy atom. The minimum Gasteiger partial charge on any atom is -0.338 e. The number of H-pyrrole nitrogens is 2. The first kappa shape index (κ1) is 17.0. The highest BCUT2D eigenvalue weighted by Crippen LogP contribution is 2.32. The number of amides is 1. The topological polar surface area (TPSA) is 89.3 Å². The van der Waals surface area contributed by atoms with Gasteiger partial charge in [-0.3, -0.25) is 19.5 Å². The zero-order valence-corrected chi connectivity index (χ0v) is 14.4. The number of carbonyl (C=O) groups excluding carboxylic acids is 1. The van der Waals surface area contributed by atoms with Gasteiger partial charge >= 0.3 is 5.69 Å². The molecule has 0 aromatic carbocycles. The summed E-state index contributed by atoms with van der Waals surface area (Å²) < 4.78 is 0. The van der Waals surface area contributed by atoms with Crippen molar-refractivity contribution in [1.29, 1.82) is 0 Å². The Balaban J connectivity index is 1.76. The van der Waals surface area contributed by atoms with E-state index in [9.17, 15) is 14.4 Å². The predicted octanol–water partition coefficient (Wildman–Crippen LogP) is 0.532. The minimum absolute atomic E-state index is 0.169. The first-order chi connectivity index (χ1) is 11.4. The highest BCUT2D eigenvalue weighted by atomic mass is 16.2. The lowest BCUT2D eigenvalue weighted by molar-refractivity contribution is -0.133. The Morgan fingerprint density at radius 1 is 1.25 bits per heavy atom. The van der Waals surface area contributed by atoms with Crippen LogP contribution in [-0.2, 0) is 11.3 Å². The van der Waals surface area contributed by atoms with Gasteiger partial charge in [0.25, 0.3) is 5.56 Å². The van der Waals surface area contributed by atoms with E-state index in [4.69, 9.17) is 0 Å². The summed E-state index contributed by atoms with van der Waals surface area (Å²) in [5, 5.41) is 0. The van der Waals surface area contributed by atoms with Gasteiger partial charge in [0.1, 0.15) is 0 Å². The molecular weight excluding hydrogens is 308 g/mol. The lowest BCUT2D eigenvalue weighted by Crippen LogP contribution is -2.47. The molecule has 0 radical (unpaired) electrons. The van der Waals surface area contributed by atoms with E-state index in [0.29, 0.717) is 36.9 Å². The molecule has 7 nitrogen and oxygen atoms in total. The van der Waals surface area contributed by atoms with Gasteiger partial charge in [-0.15, -0.1) is 0 Å². The molecule has 7 heteroatoms. The maximum absolute atomic E-state index is 12.6. The van der Waals surface area contributed by atoms with Crippen molar-refractivity contribution >= 4 is 5.91 Å². The Morgan fingerprint density at radius 3 is 2.62 bits per heavy atom. The minimum atomic E-state index is -0.495. The van der Waals surface area contributed by atoms with E-state index in [1.807, 2.05) is 0 Å². The summed E-state index contributed by atoms with van der Waals surface area (Å²) >= 11 is 0. The summed E-state index contributed by atoms with van der Waals surface area (Å²) in [6.07, 6.45) is 4.41. The van der Waals surface area contributed by atoms with Gasteiger partial charge in [-0.1, -0.05) is 13.8 Å². The van der Waals surface area contributed by atoms with Crippen LogP contribution in [0, 0.1) is 11.8 Å². The summed E-state index contributed by atoms with van der Waals surface area (Å²) in [4.78, 5) is 44.6. The largest absolute Gasteiger partial charge is 0.338 e. The highest BCUT2D eigenvalue weighted by molar-refractivity contribution is 5.77. The molecule has 1 saturated carbocycles. The van der Waals surface area contributed by atoms with E-state index >= 15 is 0 Å². The van der Waals surface area contributed by atoms with E-state index in [1.165, 1.54) is 19.0 Å². The molecule has 1 aromatic rings. The number of hydrogen-bond donors (Lipinski definition) is 2. The Kier molecular flexibility index (Phi) is 4.89. The van der Waals surface area contributed by atoms with Gasteiger partial charge in [-0.25, -0.2) is 4.79 Å². The third kappa shape index (κ3) is 3.95. The van der Waals surface area contributed by atoms with E-state index in [-0.39, 0.29) is 17.5 Å². The van der Waals surface area contributed by atoms with Crippen molar-refractivity contribution in [3.8, 4) is 0 Å². The van der Waals surface area contributed by atoms with Crippen molar-refractivity contribution < 1.29 is 4.79 Å². The molecule has 2 fully saturated rings. The lowest BCUT2D eigenvalue weighted by atomic mass is 10.0. The first-order valence-electron chi connectivity index (χ1n) is 8.76. The second-order valence-electron chi connectivity index (χ2n) is 7.38. The van der Waals surface area contributed by atoms with Crippen molar-refractivity contribution in [1.82, 2.24) is 19.8 Å². The molecule has 1 aromatic heterocycles. The maximum Gasteiger partial charge on any atom is 0.325 e. The number of carbonyl (C=O) groups is 1. The zero-order valence-electron chi connectivity index (χ0n) is 14.4. The summed E-state index contributed by atoms with van der Waals surface area (Å²) in [6.45, 7) is 7.01. The molecule has 2 aliphatic rings. The number of aromatic nitrogens is 2. The Hall–Kier alpha value is -1.89. The molecule has 1 saturated heterocycles. The molecular formula is C17H26N4O3. The summed E-state index contributed by atoms with van der Waals surface area (Å²) in [5.41, 5.74) is -0.323. The van der Waals surface area contributed by atoms with Crippen molar-refractivity contribution in [2.45, 2.75) is 45.7 Å². The highest BCUT2D eigenvalue weighted by Gasteiger charge is 2.35. The number of nitrogens with one attached hydrogen (secondary N) is 2. The molecule has 0 bridgehead atoms. The van der Waals surface area contributed by atoms with Gasteiger partial charge in [0.2, 0.25) is 5.91 Å². The molecule has 0 spiro atoms. The van der Waals surface area contributed by atoms with Gasteiger partial charge in [0, 0.05) is 50.4 Å². The summed E-state index contributed by atoms with van der Waals surface area (Å²) in [7, 11) is 0. The molecule has 2 heterocycles. The van der Waals surface area contributed by atoms with Crippen LogP contribution in [0.4, 0.5) is 0 Å². The Labute approximate surface area is 141 Å². The third-order valence-corrected chi connectivity index (χ3v) is 5.02. The van der Waals surface area contributed by atoms with Crippen LogP contribution in [0.1, 0.15) is 38.7 Å². The smallest absolute Gasteiger partial charge is 0.325 e. The van der Waals surface area contributed by atoms with Gasteiger partial charge in [-0.2, -0.15) is 0 Å². The molecule has 3 rings (SSSR count). The van der Waals surface area contributed by atoms with Crippen LogP contribution < -0.4 is 11.2 Å². The van der Waals surface area contributed by atoms with E-state index in [2.05, 4.69) is 33.6 Å². The molecule has 1 aliphatic heterocycles. The van der Waals surface area contributed by atoms with Crippen LogP contribution >= 0.6 is 0 Å². The fourth-order valence-electron chi connectivity index (χ4n) is 3.36. The normalized spacial score (nSPS) is 22.9. The number of rotatable bonds is 5. The Bertz CT molecular complexity index is 704. The number of hydrogen-bond acceptors (Lipinski definition) is 4. The quantitative estimate of drug-likeness (QED) is 0.822. The fourth-order valence-corrected chi connectivity index (χ4v) is 3.36. The molecule has 132 valence electrons. The zero-order chi connectivity index (χ0) is 17.3. The van der Waals surface area contributed by atoms with Crippen LogP contribution in [0.5, 0.6) is 0 Å². The molecule has 0 unspecified atom stereocenters. The summed E-state index contributed by atoms with van der Waals surface area (Å²) in [5.74, 6) is 1.25. The van der Waals surface area contributed by atoms with Crippen LogP contribution in [0.3, 0.4) is 0 Å². The average Bonchev–Trinajstić information content (AvgIpc) is 3.34. The molecule has 2 N–H and O–H groups in total. The van der Waals surface area contributed by atoms with Crippen molar-refractivity contribution in [2.24, 2.45) is 11.8 Å². The SMILES string of the molecule is CC(C)[C@H]1CN(Cc2c[nH]c(=O)[nH]c2=O)CCC(=O)N1CC1CC1. The van der Waals surface area contributed by atoms with Crippen molar-refractivity contribution in [3.63, 3.8) is 0 Å². The number of nitrogens with zero attached hydrogens (tertiary/aromatic N) is 2. The van der Waals surface area contributed by atoms with E-state index in [1.54, 1.807) is 0 Å². The van der Waals surface area contributed by atoms with Gasteiger partial charge in [0.15, 0.2) is 0 Å². The number of aromatic amines is 2. The second-order valence-corrected chi connectivity index (χ2v) is 7.38. The fraction of sp³-hybridized carbons (Fsp3) is 0.706. The van der Waals surface area contributed by atoms with Gasteiger partial charge in [0.05, 0.1) is 0 Å². The molecule has 24 heavy (non-hydrogen) atoms. The van der Waals surface area contributed by atoms with Crippen LogP contribution in [0.15, 0.2) is 15.8 Å².